The SMILES string of the molecule is BN(Cc1nc(-c2cccc(C)n2)c(-c2ccc3ncnn3c2)[nH]1)Cc1ccccc1Oc1cccnc1. The highest BCUT2D eigenvalue weighted by atomic mass is 16.5. The van der Waals surface area contributed by atoms with Gasteiger partial charge in [0.05, 0.1) is 17.6 Å². The highest BCUT2D eigenvalue weighted by Gasteiger charge is 2.18. The van der Waals surface area contributed by atoms with E-state index in [1.165, 1.54) is 0 Å². The maximum absolute atomic E-state index is 6.10. The van der Waals surface area contributed by atoms with Crippen molar-refractivity contribution in [3.05, 3.63) is 109 Å². The average molecular weight is 500 g/mol. The normalized spacial score (nSPS) is 11.3. The van der Waals surface area contributed by atoms with Crippen LogP contribution in [-0.4, -0.2) is 47.3 Å². The minimum absolute atomic E-state index is 0.603. The largest absolute Gasteiger partial charge is 0.455 e. The van der Waals surface area contributed by atoms with E-state index in [1.54, 1.807) is 23.2 Å². The molecule has 0 aliphatic carbocycles. The van der Waals surface area contributed by atoms with Crippen LogP contribution in [0.5, 0.6) is 11.5 Å². The Morgan fingerprint density at radius 2 is 1.89 bits per heavy atom. The first kappa shape index (κ1) is 23.6. The maximum atomic E-state index is 6.10. The van der Waals surface area contributed by atoms with Crippen molar-refractivity contribution in [1.82, 2.24) is 39.3 Å². The van der Waals surface area contributed by atoms with Crippen LogP contribution in [0.3, 0.4) is 0 Å². The van der Waals surface area contributed by atoms with Crippen LogP contribution >= 0.6 is 0 Å². The average Bonchev–Trinajstić information content (AvgIpc) is 3.57. The van der Waals surface area contributed by atoms with Gasteiger partial charge >= 0.3 is 0 Å². The standard InChI is InChI=1S/C28H25BN8O/c1-19-6-4-9-23(33-19)28-27(21-11-12-26-31-18-32-37(26)16-21)34-25(35-28)17-36(29)15-20-7-2-3-10-24(20)38-22-8-5-13-30-14-22/h2-14,16,18H,15,17,29H2,1H3,(H,34,35). The van der Waals surface area contributed by atoms with Gasteiger partial charge in [-0.15, -0.1) is 0 Å². The number of rotatable bonds is 8. The van der Waals surface area contributed by atoms with E-state index in [1.807, 2.05) is 73.8 Å². The fraction of sp³-hybridized carbons (Fsp3) is 0.107. The number of aromatic amines is 1. The van der Waals surface area contributed by atoms with Crippen molar-refractivity contribution >= 4 is 13.6 Å². The smallest absolute Gasteiger partial charge is 0.186 e. The van der Waals surface area contributed by atoms with Gasteiger partial charge in [-0.2, -0.15) is 5.10 Å². The number of aryl methyl sites for hydroxylation is 1. The van der Waals surface area contributed by atoms with E-state index in [4.69, 9.17) is 14.7 Å². The minimum Gasteiger partial charge on any atom is -0.455 e. The van der Waals surface area contributed by atoms with E-state index in [9.17, 15) is 0 Å². The first-order valence-electron chi connectivity index (χ1n) is 12.3. The number of para-hydroxylation sites is 1. The predicted octanol–water partition coefficient (Wildman–Crippen LogP) is 4.23. The van der Waals surface area contributed by atoms with Crippen LogP contribution < -0.4 is 4.74 Å². The number of hydrogen-bond donors (Lipinski definition) is 1. The quantitative estimate of drug-likeness (QED) is 0.313. The van der Waals surface area contributed by atoms with Crippen molar-refractivity contribution < 1.29 is 4.74 Å². The molecule has 186 valence electrons. The Bertz CT molecular complexity index is 1700. The summed E-state index contributed by atoms with van der Waals surface area (Å²) in [5, 5.41) is 4.29. The zero-order chi connectivity index (χ0) is 25.9. The predicted molar refractivity (Wildman–Crippen MR) is 147 cm³/mol. The van der Waals surface area contributed by atoms with Gasteiger partial charge in [0.1, 0.15) is 29.3 Å². The summed E-state index contributed by atoms with van der Waals surface area (Å²) in [6.45, 7) is 3.26. The Kier molecular flexibility index (Phi) is 6.37. The summed E-state index contributed by atoms with van der Waals surface area (Å²) in [7, 11) is 2.06. The van der Waals surface area contributed by atoms with Crippen molar-refractivity contribution in [2.45, 2.75) is 20.0 Å². The fourth-order valence-corrected chi connectivity index (χ4v) is 4.40. The van der Waals surface area contributed by atoms with Gasteiger partial charge in [-0.25, -0.2) is 14.5 Å². The van der Waals surface area contributed by atoms with Crippen molar-refractivity contribution in [1.29, 1.82) is 0 Å². The number of benzene rings is 1. The van der Waals surface area contributed by atoms with Crippen LogP contribution in [0.1, 0.15) is 17.1 Å². The molecule has 0 radical (unpaired) electrons. The van der Waals surface area contributed by atoms with Crippen LogP contribution in [0.15, 0.2) is 91.6 Å². The topological polar surface area (TPSA) is 97.1 Å². The third-order valence-electron chi connectivity index (χ3n) is 6.14. The molecule has 0 fully saturated rings. The summed E-state index contributed by atoms with van der Waals surface area (Å²) in [5.74, 6) is 2.35. The summed E-state index contributed by atoms with van der Waals surface area (Å²) in [4.78, 5) is 23.9. The number of aromatic nitrogens is 7. The second-order valence-electron chi connectivity index (χ2n) is 9.12. The number of hydrogen-bond acceptors (Lipinski definition) is 7. The Hall–Kier alpha value is -4.83. The van der Waals surface area contributed by atoms with Crippen LogP contribution in [-0.2, 0) is 13.1 Å². The lowest BCUT2D eigenvalue weighted by Crippen LogP contribution is -2.20. The van der Waals surface area contributed by atoms with Crippen molar-refractivity contribution in [3.63, 3.8) is 0 Å². The van der Waals surface area contributed by atoms with Crippen LogP contribution in [0.2, 0.25) is 0 Å². The molecule has 0 bridgehead atoms. The molecule has 38 heavy (non-hydrogen) atoms. The van der Waals surface area contributed by atoms with E-state index in [-0.39, 0.29) is 0 Å². The summed E-state index contributed by atoms with van der Waals surface area (Å²) < 4.78 is 7.86. The third kappa shape index (κ3) is 5.02. The molecule has 10 heteroatoms. The molecule has 6 rings (SSSR count). The van der Waals surface area contributed by atoms with Gasteiger partial charge in [-0.1, -0.05) is 24.3 Å². The number of imidazole rings is 1. The van der Waals surface area contributed by atoms with Gasteiger partial charge in [0.2, 0.25) is 0 Å². The molecule has 0 aliphatic heterocycles. The molecule has 0 saturated heterocycles. The van der Waals surface area contributed by atoms with Gasteiger partial charge in [-0.05, 0) is 49.4 Å². The third-order valence-corrected chi connectivity index (χ3v) is 6.14. The second-order valence-corrected chi connectivity index (χ2v) is 9.12. The summed E-state index contributed by atoms with van der Waals surface area (Å²) >= 11 is 0. The zero-order valence-corrected chi connectivity index (χ0v) is 21.1. The monoisotopic (exact) mass is 500 g/mol. The first-order chi connectivity index (χ1) is 18.6. The van der Waals surface area contributed by atoms with E-state index in [2.05, 4.69) is 38.9 Å². The number of nitrogens with one attached hydrogen (secondary N) is 1. The molecule has 0 spiro atoms. The molecule has 6 aromatic rings. The Morgan fingerprint density at radius 1 is 0.974 bits per heavy atom. The lowest BCUT2D eigenvalue weighted by Gasteiger charge is -2.18. The van der Waals surface area contributed by atoms with E-state index < -0.39 is 0 Å². The molecule has 1 aromatic carbocycles. The van der Waals surface area contributed by atoms with Crippen LogP contribution in [0, 0.1) is 6.92 Å². The van der Waals surface area contributed by atoms with Gasteiger partial charge < -0.3 is 14.5 Å². The summed E-state index contributed by atoms with van der Waals surface area (Å²) in [5.41, 5.74) is 6.27. The molecular weight excluding hydrogens is 475 g/mol. The maximum Gasteiger partial charge on any atom is 0.186 e. The minimum atomic E-state index is 0.603. The lowest BCUT2D eigenvalue weighted by molar-refractivity contribution is 0.413. The molecule has 5 aromatic heterocycles. The molecule has 5 heterocycles. The number of nitrogens with zero attached hydrogens (tertiary/aromatic N) is 7. The molecule has 9 nitrogen and oxygen atoms in total. The molecule has 0 atom stereocenters. The highest BCUT2D eigenvalue weighted by Crippen LogP contribution is 2.30. The number of H-pyrrole nitrogens is 1. The molecule has 0 saturated carbocycles. The lowest BCUT2D eigenvalue weighted by atomic mass is 10.1. The molecule has 1 N–H and O–H groups in total. The number of ether oxygens (including phenoxy) is 1. The van der Waals surface area contributed by atoms with Gasteiger partial charge in [-0.3, -0.25) is 9.97 Å². The highest BCUT2D eigenvalue weighted by molar-refractivity contribution is 6.04. The summed E-state index contributed by atoms with van der Waals surface area (Å²) in [6, 6.07) is 21.7. The Morgan fingerprint density at radius 3 is 2.76 bits per heavy atom. The summed E-state index contributed by atoms with van der Waals surface area (Å²) in [6.07, 6.45) is 6.94. The second kappa shape index (κ2) is 10.3. The molecular formula is C28H25BN8O. The fourth-order valence-electron chi connectivity index (χ4n) is 4.40. The van der Waals surface area contributed by atoms with Crippen LogP contribution in [0.25, 0.3) is 28.3 Å². The van der Waals surface area contributed by atoms with Crippen molar-refractivity contribution in [2.75, 3.05) is 0 Å². The molecule has 0 unspecified atom stereocenters. The van der Waals surface area contributed by atoms with E-state index in [0.717, 1.165) is 51.1 Å². The zero-order valence-electron chi connectivity index (χ0n) is 21.1. The Labute approximate surface area is 220 Å². The molecule has 0 amide bonds. The first-order valence-corrected chi connectivity index (χ1v) is 12.3. The number of pyridine rings is 3. The van der Waals surface area contributed by atoms with E-state index >= 15 is 0 Å². The van der Waals surface area contributed by atoms with Gasteiger partial charge in [0.25, 0.3) is 0 Å². The van der Waals surface area contributed by atoms with E-state index in [0.29, 0.717) is 18.8 Å². The van der Waals surface area contributed by atoms with Gasteiger partial charge in [0.15, 0.2) is 13.6 Å². The number of fused-ring (bicyclic) bond motifs is 1. The van der Waals surface area contributed by atoms with Crippen molar-refractivity contribution in [3.8, 4) is 34.1 Å². The van der Waals surface area contributed by atoms with Gasteiger partial charge in [0, 0.05) is 42.3 Å². The molecule has 0 aliphatic rings. The Balaban J connectivity index is 1.29. The van der Waals surface area contributed by atoms with Crippen molar-refractivity contribution in [2.24, 2.45) is 0 Å². The van der Waals surface area contributed by atoms with Crippen LogP contribution in [0.4, 0.5) is 0 Å².